The predicted molar refractivity (Wildman–Crippen MR) is 169 cm³/mol. The molecule has 0 radical (unpaired) electrons. The van der Waals surface area contributed by atoms with Crippen LogP contribution in [0.15, 0.2) is 60.8 Å². The van der Waals surface area contributed by atoms with Crippen LogP contribution in [-0.2, 0) is 30.1 Å². The number of pyridine rings is 2. The van der Waals surface area contributed by atoms with Gasteiger partial charge in [-0.1, -0.05) is 12.5 Å². The number of nitrogen functional groups attached to an aromatic ring is 1. The van der Waals surface area contributed by atoms with E-state index in [9.17, 15) is 27.5 Å². The van der Waals surface area contributed by atoms with E-state index in [0.29, 0.717) is 27.5 Å². The molecule has 10 nitrogen and oxygen atoms in total. The van der Waals surface area contributed by atoms with Gasteiger partial charge in [0.1, 0.15) is 40.9 Å². The fourth-order valence-electron chi connectivity index (χ4n) is 5.72. The maximum atomic E-state index is 15.1. The summed E-state index contributed by atoms with van der Waals surface area (Å²) in [5.74, 6) is -1.00. The van der Waals surface area contributed by atoms with Crippen LogP contribution in [-0.4, -0.2) is 46.0 Å². The highest BCUT2D eigenvalue weighted by molar-refractivity contribution is 5.77. The number of rotatable bonds is 8. The molecule has 50 heavy (non-hydrogen) atoms. The number of amides is 1. The maximum Gasteiger partial charge on any atom is 0.311 e. The smallest absolute Gasteiger partial charge is 0.311 e. The fourth-order valence-corrected chi connectivity index (χ4v) is 5.72. The molecule has 258 valence electrons. The quantitative estimate of drug-likeness (QED) is 0.115. The number of hydrogen-bond donors (Lipinski definition) is 3. The molecule has 4 N–H and O–H groups in total. The van der Waals surface area contributed by atoms with E-state index in [4.69, 9.17) is 5.73 Å². The number of nitrogens with zero attached hydrogens (tertiary/aromatic N) is 6. The highest BCUT2D eigenvalue weighted by Crippen LogP contribution is 2.47. The highest BCUT2D eigenvalue weighted by Gasteiger charge is 2.49. The summed E-state index contributed by atoms with van der Waals surface area (Å²) < 4.78 is 88.5. The third-order valence-corrected chi connectivity index (χ3v) is 7.90. The normalized spacial score (nSPS) is 14.5. The molecule has 1 aliphatic rings. The van der Waals surface area contributed by atoms with Crippen molar-refractivity contribution in [1.82, 2.24) is 34.7 Å². The van der Waals surface area contributed by atoms with Crippen LogP contribution >= 0.6 is 0 Å². The van der Waals surface area contributed by atoms with Crippen LogP contribution in [0.1, 0.15) is 60.2 Å². The van der Waals surface area contributed by atoms with Crippen LogP contribution in [0.3, 0.4) is 0 Å². The zero-order valence-corrected chi connectivity index (χ0v) is 26.5. The Hall–Kier alpha value is -5.69. The number of benzene rings is 1. The van der Waals surface area contributed by atoms with Gasteiger partial charge in [-0.05, 0) is 68.2 Å². The zero-order valence-electron chi connectivity index (χ0n) is 26.5. The predicted octanol–water partition coefficient (Wildman–Crippen LogP) is 5.21. The number of fused-ring (bicyclic) bond motifs is 2. The molecule has 4 aromatic heterocycles. The molecular formula is C34H28F6N8O2. The summed E-state index contributed by atoms with van der Waals surface area (Å²) in [7, 11) is 0. The summed E-state index contributed by atoms with van der Waals surface area (Å²) >= 11 is 0. The van der Waals surface area contributed by atoms with Crippen molar-refractivity contribution in [3.05, 3.63) is 106 Å². The van der Waals surface area contributed by atoms with Crippen molar-refractivity contribution in [2.45, 2.75) is 57.2 Å². The molecule has 16 heteroatoms. The van der Waals surface area contributed by atoms with Crippen LogP contribution in [0.25, 0.3) is 16.8 Å². The Bertz CT molecular complexity index is 2210. The van der Waals surface area contributed by atoms with Gasteiger partial charge in [0.2, 0.25) is 11.9 Å². The lowest BCUT2D eigenvalue weighted by Crippen LogP contribution is -2.35. The Labute approximate surface area is 280 Å². The number of halogens is 6. The number of aliphatic hydroxyl groups is 1. The third kappa shape index (κ3) is 6.77. The first kappa shape index (κ1) is 34.2. The summed E-state index contributed by atoms with van der Waals surface area (Å²) in [6.07, 6.45) is -2.40. The monoisotopic (exact) mass is 694 g/mol. The minimum Gasteiger partial charge on any atom is -0.378 e. The molecule has 0 spiro atoms. The molecular weight excluding hydrogens is 666 g/mol. The number of aromatic nitrogens is 6. The van der Waals surface area contributed by atoms with Crippen molar-refractivity contribution < 1.29 is 36.2 Å². The van der Waals surface area contributed by atoms with Crippen molar-refractivity contribution in [2.24, 2.45) is 0 Å². The Morgan fingerprint density at radius 1 is 1.12 bits per heavy atom. The Balaban J connectivity index is 1.47. The molecule has 0 fully saturated rings. The Morgan fingerprint density at radius 3 is 2.52 bits per heavy atom. The van der Waals surface area contributed by atoms with Crippen molar-refractivity contribution in [3.63, 3.8) is 0 Å². The molecule has 0 saturated carbocycles. The van der Waals surface area contributed by atoms with E-state index in [1.165, 1.54) is 18.2 Å². The number of hydrogen-bond acceptors (Lipinski definition) is 7. The lowest BCUT2D eigenvalue weighted by Gasteiger charge is -2.23. The molecule has 0 saturated heterocycles. The second-order valence-corrected chi connectivity index (χ2v) is 12.3. The average molecular weight is 695 g/mol. The molecule has 6 rings (SSSR count). The van der Waals surface area contributed by atoms with Crippen molar-refractivity contribution in [1.29, 1.82) is 0 Å². The standard InChI is InChI=1S/C34H28F6N8O2/c1-17-10-24-29(31(37)38)46-48(30(24)34(17,39)40)16-27(49)43-25(13-18-11-20(35)14-21(36)12-18)28-23(6-5-22(42-28)8-9-33(2,3)50)19-4-7-26-44-45-32(41)47(26)15-19/h4-7,11-12,14-15,25,31,50H,1,10,13,16H2,2-3H3,(H2,41,45)(H,43,49). The topological polar surface area (TPSA) is 136 Å². The van der Waals surface area contributed by atoms with Gasteiger partial charge in [-0.3, -0.25) is 13.9 Å². The molecule has 1 unspecified atom stereocenters. The largest absolute Gasteiger partial charge is 0.378 e. The molecule has 0 aliphatic heterocycles. The number of carbonyl (C=O) groups excluding carboxylic acids is 1. The highest BCUT2D eigenvalue weighted by atomic mass is 19.3. The molecule has 5 aromatic rings. The van der Waals surface area contributed by atoms with Crippen LogP contribution in [0.4, 0.5) is 32.3 Å². The lowest BCUT2D eigenvalue weighted by molar-refractivity contribution is -0.122. The van der Waals surface area contributed by atoms with E-state index in [1.807, 2.05) is 0 Å². The van der Waals surface area contributed by atoms with Gasteiger partial charge in [-0.2, -0.15) is 13.9 Å². The summed E-state index contributed by atoms with van der Waals surface area (Å²) in [5.41, 5.74) is 3.45. The lowest BCUT2D eigenvalue weighted by atomic mass is 9.95. The summed E-state index contributed by atoms with van der Waals surface area (Å²) in [4.78, 5) is 18.3. The number of anilines is 1. The van der Waals surface area contributed by atoms with Crippen LogP contribution in [0, 0.1) is 23.5 Å². The molecule has 1 atom stereocenters. The molecule has 1 aliphatic carbocycles. The van der Waals surface area contributed by atoms with E-state index < -0.39 is 77.0 Å². The zero-order chi connectivity index (χ0) is 36.1. The SMILES string of the molecule is C=C1Cc2c(C(F)F)nn(CC(=O)NC(Cc3cc(F)cc(F)c3)c3nc(C#CC(C)(C)O)ccc3-c3ccc4nnc(N)n4c3)c2C1(F)F. The first-order valence-corrected chi connectivity index (χ1v) is 15.1. The van der Waals surface area contributed by atoms with Gasteiger partial charge >= 0.3 is 5.92 Å². The van der Waals surface area contributed by atoms with Gasteiger partial charge in [0.15, 0.2) is 5.65 Å². The molecule has 0 bridgehead atoms. The molecule has 4 heterocycles. The van der Waals surface area contributed by atoms with Crippen molar-refractivity contribution in [2.75, 3.05) is 5.73 Å². The van der Waals surface area contributed by atoms with Gasteiger partial charge in [0, 0.05) is 40.9 Å². The summed E-state index contributed by atoms with van der Waals surface area (Å²) in [6.45, 7) is 5.31. The number of nitrogens with one attached hydrogen (secondary N) is 1. The van der Waals surface area contributed by atoms with Crippen LogP contribution in [0.2, 0.25) is 0 Å². The minimum atomic E-state index is -3.72. The fraction of sp³-hybridized carbons (Fsp3) is 0.265. The second-order valence-electron chi connectivity index (χ2n) is 12.3. The van der Waals surface area contributed by atoms with Gasteiger partial charge in [0.05, 0.1) is 11.7 Å². The number of alkyl halides is 4. The van der Waals surface area contributed by atoms with Gasteiger partial charge in [-0.15, -0.1) is 10.2 Å². The van der Waals surface area contributed by atoms with Crippen LogP contribution in [0.5, 0.6) is 0 Å². The number of nitrogens with two attached hydrogens (primary N) is 1. The Kier molecular flexibility index (Phi) is 8.64. The molecule has 1 amide bonds. The average Bonchev–Trinajstić information content (AvgIpc) is 3.65. The third-order valence-electron chi connectivity index (χ3n) is 7.90. The summed E-state index contributed by atoms with van der Waals surface area (Å²) in [6, 6.07) is 7.99. The van der Waals surface area contributed by atoms with E-state index in [0.717, 1.165) is 12.1 Å². The maximum absolute atomic E-state index is 15.1. The van der Waals surface area contributed by atoms with Crippen LogP contribution < -0.4 is 11.1 Å². The second kappa shape index (κ2) is 12.6. The first-order chi connectivity index (χ1) is 23.5. The number of carbonyl (C=O) groups is 1. The van der Waals surface area contributed by atoms with E-state index >= 15 is 8.78 Å². The number of allylic oxidation sites excluding steroid dienone is 1. The minimum absolute atomic E-state index is 0.0681. The van der Waals surface area contributed by atoms with Crippen molar-refractivity contribution in [3.8, 4) is 23.0 Å². The van der Waals surface area contributed by atoms with E-state index in [1.54, 1.807) is 30.5 Å². The van der Waals surface area contributed by atoms with E-state index in [2.05, 4.69) is 44.0 Å². The summed E-state index contributed by atoms with van der Waals surface area (Å²) in [5, 5.41) is 24.3. The Morgan fingerprint density at radius 2 is 1.84 bits per heavy atom. The first-order valence-electron chi connectivity index (χ1n) is 15.1. The molecule has 1 aromatic carbocycles. The van der Waals surface area contributed by atoms with Gasteiger partial charge < -0.3 is 16.2 Å². The van der Waals surface area contributed by atoms with Crippen molar-refractivity contribution >= 4 is 17.5 Å². The van der Waals surface area contributed by atoms with Gasteiger partial charge in [-0.25, -0.2) is 22.5 Å². The van der Waals surface area contributed by atoms with Gasteiger partial charge in [0.25, 0.3) is 6.43 Å². The van der Waals surface area contributed by atoms with E-state index in [-0.39, 0.29) is 29.3 Å².